The maximum atomic E-state index is 14.4. The van der Waals surface area contributed by atoms with Crippen molar-refractivity contribution in [1.82, 2.24) is 29.9 Å². The number of nitrogens with one attached hydrogen (secondary N) is 1. The highest BCUT2D eigenvalue weighted by Gasteiger charge is 2.25. The molecule has 4 aromatic rings. The van der Waals surface area contributed by atoms with E-state index in [0.29, 0.717) is 46.7 Å². The Balaban J connectivity index is 1.06. The molecule has 2 aromatic carbocycles. The molecule has 9 nitrogen and oxygen atoms in total. The number of aromatic nitrogens is 3. The molecule has 0 spiro atoms. The van der Waals surface area contributed by atoms with Crippen LogP contribution in [-0.2, 0) is 0 Å². The Morgan fingerprint density at radius 3 is 2.67 bits per heavy atom. The topological polar surface area (TPSA) is 86.7 Å². The van der Waals surface area contributed by atoms with Crippen molar-refractivity contribution in [2.24, 2.45) is 5.92 Å². The first kappa shape index (κ1) is 29.2. The molecule has 0 atom stereocenters. The lowest BCUT2D eigenvalue weighted by Crippen LogP contribution is -2.45. The molecule has 1 amide bonds. The van der Waals surface area contributed by atoms with Crippen molar-refractivity contribution in [1.29, 1.82) is 0 Å². The van der Waals surface area contributed by atoms with E-state index in [1.165, 1.54) is 24.6 Å². The van der Waals surface area contributed by atoms with Crippen molar-refractivity contribution in [3.05, 3.63) is 71.8 Å². The van der Waals surface area contributed by atoms with Crippen LogP contribution in [0.3, 0.4) is 0 Å². The van der Waals surface area contributed by atoms with Gasteiger partial charge in [0, 0.05) is 73.2 Å². The number of amides is 1. The van der Waals surface area contributed by atoms with Gasteiger partial charge >= 0.3 is 6.09 Å². The largest absolute Gasteiger partial charge is 0.415 e. The minimum atomic E-state index is -0.433. The number of ether oxygens (including phenoxy) is 1. The molecule has 6 rings (SSSR count). The van der Waals surface area contributed by atoms with Gasteiger partial charge in [-0.05, 0) is 81.2 Å². The van der Waals surface area contributed by atoms with E-state index in [1.54, 1.807) is 35.5 Å². The van der Waals surface area contributed by atoms with Crippen LogP contribution in [0.4, 0.5) is 20.6 Å². The molecule has 0 saturated carbocycles. The third-order valence-corrected chi connectivity index (χ3v) is 8.61. The van der Waals surface area contributed by atoms with E-state index in [-0.39, 0.29) is 11.7 Å². The summed E-state index contributed by atoms with van der Waals surface area (Å²) in [5.41, 5.74) is 2.69. The summed E-state index contributed by atoms with van der Waals surface area (Å²) in [7, 11) is 2.18. The molecule has 2 aliphatic rings. The Morgan fingerprint density at radius 1 is 1.05 bits per heavy atom. The van der Waals surface area contributed by atoms with Gasteiger partial charge in [0.25, 0.3) is 0 Å². The lowest BCUT2D eigenvalue weighted by molar-refractivity contribution is 0.117. The van der Waals surface area contributed by atoms with Crippen LogP contribution in [0.25, 0.3) is 22.2 Å². The Hall–Kier alpha value is -3.86. The van der Waals surface area contributed by atoms with Crippen molar-refractivity contribution in [3.8, 4) is 17.0 Å². The fraction of sp³-hybridized carbons (Fsp3) is 0.375. The first-order chi connectivity index (χ1) is 20.9. The summed E-state index contributed by atoms with van der Waals surface area (Å²) in [5, 5.41) is 12.7. The highest BCUT2D eigenvalue weighted by Crippen LogP contribution is 2.31. The molecule has 0 bridgehead atoms. The molecule has 2 aliphatic heterocycles. The van der Waals surface area contributed by atoms with Gasteiger partial charge in [-0.1, -0.05) is 11.6 Å². The number of hydrogen-bond acceptors (Lipinski definition) is 8. The fourth-order valence-corrected chi connectivity index (χ4v) is 5.89. The van der Waals surface area contributed by atoms with Gasteiger partial charge in [0.1, 0.15) is 11.6 Å². The highest BCUT2D eigenvalue weighted by molar-refractivity contribution is 6.30. The molecular weight excluding hydrogens is 569 g/mol. The van der Waals surface area contributed by atoms with Gasteiger partial charge in [-0.25, -0.2) is 9.18 Å². The predicted molar refractivity (Wildman–Crippen MR) is 166 cm³/mol. The number of carbonyl (C=O) groups excluding carboxylic acids is 1. The number of nitrogens with zero attached hydrogens (tertiary/aromatic N) is 6. The van der Waals surface area contributed by atoms with Crippen LogP contribution >= 0.6 is 11.6 Å². The first-order valence-corrected chi connectivity index (χ1v) is 15.1. The van der Waals surface area contributed by atoms with Crippen molar-refractivity contribution in [2.45, 2.75) is 19.3 Å². The van der Waals surface area contributed by atoms with E-state index in [2.05, 4.69) is 37.3 Å². The number of piperidine rings is 1. The van der Waals surface area contributed by atoms with Crippen molar-refractivity contribution < 1.29 is 13.9 Å². The van der Waals surface area contributed by atoms with Crippen molar-refractivity contribution in [2.75, 3.05) is 58.2 Å². The van der Waals surface area contributed by atoms with Crippen LogP contribution in [0.1, 0.15) is 19.3 Å². The number of fused-ring (bicyclic) bond motifs is 1. The van der Waals surface area contributed by atoms with Gasteiger partial charge in [0.15, 0.2) is 0 Å². The second kappa shape index (κ2) is 13.2. The van der Waals surface area contributed by atoms with Crippen LogP contribution in [0.15, 0.2) is 60.9 Å². The number of pyridine rings is 1. The molecule has 4 heterocycles. The molecule has 2 aromatic heterocycles. The van der Waals surface area contributed by atoms with Crippen LogP contribution in [0.5, 0.6) is 5.75 Å². The number of piperazine rings is 1. The van der Waals surface area contributed by atoms with E-state index in [4.69, 9.17) is 16.3 Å². The first-order valence-electron chi connectivity index (χ1n) is 14.7. The van der Waals surface area contributed by atoms with Crippen molar-refractivity contribution >= 4 is 40.0 Å². The zero-order valence-electron chi connectivity index (χ0n) is 24.2. The smallest absolute Gasteiger partial charge is 0.410 e. The number of hydrogen-bond donors (Lipinski definition) is 1. The van der Waals surface area contributed by atoms with Crippen LogP contribution < -0.4 is 10.1 Å². The zero-order chi connectivity index (χ0) is 29.8. The Kier molecular flexibility index (Phi) is 8.97. The molecule has 11 heteroatoms. The molecule has 0 radical (unpaired) electrons. The zero-order valence-corrected chi connectivity index (χ0v) is 24.9. The SMILES string of the molecule is CN1CCN(CCC2CCN(C(=O)Oc3ccc4c(Nc5cnnc(-c6cc(Cl)ccc6F)c5)ccnc4c3)CC2)CC1. The fourth-order valence-electron chi connectivity index (χ4n) is 5.72. The van der Waals surface area contributed by atoms with Gasteiger partial charge in [-0.2, -0.15) is 10.2 Å². The quantitative estimate of drug-likeness (QED) is 0.272. The number of likely N-dealkylation sites (N-methyl/N-ethyl adjacent to an activating group) is 1. The van der Waals surface area contributed by atoms with Crippen LogP contribution in [0, 0.1) is 11.7 Å². The molecule has 224 valence electrons. The Morgan fingerprint density at radius 2 is 1.86 bits per heavy atom. The lowest BCUT2D eigenvalue weighted by Gasteiger charge is -2.35. The summed E-state index contributed by atoms with van der Waals surface area (Å²) in [6.45, 7) is 7.15. The van der Waals surface area contributed by atoms with Crippen molar-refractivity contribution in [3.63, 3.8) is 0 Å². The van der Waals surface area contributed by atoms with Crippen LogP contribution in [0.2, 0.25) is 5.02 Å². The summed E-state index contributed by atoms with van der Waals surface area (Å²) < 4.78 is 20.2. The average molecular weight is 604 g/mol. The van der Waals surface area contributed by atoms with Gasteiger partial charge in [0.2, 0.25) is 0 Å². The number of halogens is 2. The van der Waals surface area contributed by atoms with E-state index >= 15 is 0 Å². The van der Waals surface area contributed by atoms with Gasteiger partial charge in [0.05, 0.1) is 23.1 Å². The summed E-state index contributed by atoms with van der Waals surface area (Å²) in [6.07, 6.45) is 6.11. The van der Waals surface area contributed by atoms with E-state index < -0.39 is 5.82 Å². The molecule has 43 heavy (non-hydrogen) atoms. The van der Waals surface area contributed by atoms with E-state index in [9.17, 15) is 9.18 Å². The predicted octanol–water partition coefficient (Wildman–Crippen LogP) is 6.08. The molecular formula is C32H35ClFN7O2. The molecule has 0 unspecified atom stereocenters. The van der Waals surface area contributed by atoms with E-state index in [0.717, 1.165) is 56.6 Å². The van der Waals surface area contributed by atoms with Gasteiger partial charge in [-0.15, -0.1) is 0 Å². The second-order valence-corrected chi connectivity index (χ2v) is 11.8. The maximum Gasteiger partial charge on any atom is 0.415 e. The summed E-state index contributed by atoms with van der Waals surface area (Å²) in [4.78, 5) is 24.2. The minimum Gasteiger partial charge on any atom is -0.410 e. The number of carbonyl (C=O) groups is 1. The third kappa shape index (κ3) is 7.21. The standard InChI is InChI=1S/C32H35ClFN7O2/c1-39-14-16-40(17-15-39)11-7-22-8-12-41(13-9-22)32(42)43-25-3-4-26-29(6-10-35-30(26)20-25)37-24-19-31(38-36-21-24)27-18-23(33)2-5-28(27)34/h2-6,10,18-22H,7-9,11-17H2,1H3,(H,35,37,38). The molecule has 0 aliphatic carbocycles. The number of anilines is 2. The lowest BCUT2D eigenvalue weighted by atomic mass is 9.93. The summed E-state index contributed by atoms with van der Waals surface area (Å²) in [6, 6.07) is 13.3. The average Bonchev–Trinajstić information content (AvgIpc) is 3.02. The Bertz CT molecular complexity index is 1590. The normalized spacial score (nSPS) is 16.9. The monoisotopic (exact) mass is 603 g/mol. The third-order valence-electron chi connectivity index (χ3n) is 8.38. The molecule has 1 N–H and O–H groups in total. The number of benzene rings is 2. The maximum absolute atomic E-state index is 14.4. The minimum absolute atomic E-state index is 0.268. The summed E-state index contributed by atoms with van der Waals surface area (Å²) >= 11 is 6.06. The summed E-state index contributed by atoms with van der Waals surface area (Å²) in [5.74, 6) is 0.664. The van der Waals surface area contributed by atoms with Gasteiger partial charge < -0.3 is 24.8 Å². The number of likely N-dealkylation sites (tertiary alicyclic amines) is 1. The Labute approximate surface area is 255 Å². The molecule has 2 saturated heterocycles. The van der Waals surface area contributed by atoms with Crippen LogP contribution in [-0.4, -0.2) is 88.8 Å². The highest BCUT2D eigenvalue weighted by atomic mass is 35.5. The second-order valence-electron chi connectivity index (χ2n) is 11.3. The molecule has 2 fully saturated rings. The van der Waals surface area contributed by atoms with Gasteiger partial charge in [-0.3, -0.25) is 4.98 Å². The van der Waals surface area contributed by atoms with E-state index in [1.807, 2.05) is 12.1 Å². The number of rotatable bonds is 7.